The molecule has 0 fully saturated rings. The summed E-state index contributed by atoms with van der Waals surface area (Å²) in [4.78, 5) is 16.0. The number of carbonyl (C=O) groups is 1. The van der Waals surface area contributed by atoms with Crippen molar-refractivity contribution in [2.75, 3.05) is 6.61 Å². The van der Waals surface area contributed by atoms with Crippen LogP contribution in [0.25, 0.3) is 0 Å². The summed E-state index contributed by atoms with van der Waals surface area (Å²) in [6.45, 7) is 3.74. The molecule has 1 aromatic heterocycles. The monoisotopic (exact) mass is 329 g/mol. The number of halogens is 1. The Balaban J connectivity index is 1.97. The number of hydrogen-bond donors (Lipinski definition) is 0. The molecule has 23 heavy (non-hydrogen) atoms. The van der Waals surface area contributed by atoms with E-state index in [-0.39, 0.29) is 12.7 Å². The molecule has 0 unspecified atom stereocenters. The van der Waals surface area contributed by atoms with Gasteiger partial charge in [-0.1, -0.05) is 23.4 Å². The second kappa shape index (κ2) is 8.21. The number of carbonyl (C=O) groups excluding carboxylic acids is 1. The lowest BCUT2D eigenvalue weighted by molar-refractivity contribution is 0.0550. The number of ether oxygens (including phenoxy) is 2. The molecule has 0 N–H and O–H groups in total. The van der Waals surface area contributed by atoms with Gasteiger partial charge in [-0.3, -0.25) is 4.98 Å². The van der Waals surface area contributed by atoms with Crippen molar-refractivity contribution in [3.8, 4) is 17.6 Å². The Morgan fingerprint density at radius 1 is 1.26 bits per heavy atom. The van der Waals surface area contributed by atoms with Gasteiger partial charge in [-0.05, 0) is 44.2 Å². The summed E-state index contributed by atoms with van der Waals surface area (Å²) < 4.78 is 10.7. The molecule has 0 saturated heterocycles. The van der Waals surface area contributed by atoms with Crippen LogP contribution < -0.4 is 4.74 Å². The van der Waals surface area contributed by atoms with Crippen LogP contribution in [0.1, 0.15) is 29.8 Å². The van der Waals surface area contributed by atoms with E-state index >= 15 is 0 Å². The first kappa shape index (κ1) is 16.9. The Bertz CT molecular complexity index is 730. The highest BCUT2D eigenvalue weighted by Gasteiger charge is 2.14. The highest BCUT2D eigenvalue weighted by molar-refractivity contribution is 6.30. The van der Waals surface area contributed by atoms with Crippen LogP contribution in [0.4, 0.5) is 0 Å². The van der Waals surface area contributed by atoms with Crippen LogP contribution in [0, 0.1) is 11.8 Å². The average molecular weight is 330 g/mol. The number of aromatic nitrogens is 1. The minimum absolute atomic E-state index is 0.00903. The van der Waals surface area contributed by atoms with Gasteiger partial charge in [0.2, 0.25) is 0 Å². The number of benzene rings is 1. The Hall–Kier alpha value is -2.51. The summed E-state index contributed by atoms with van der Waals surface area (Å²) in [5.74, 6) is 5.59. The minimum Gasteiger partial charge on any atom is -0.488 e. The molecule has 0 saturated carbocycles. The molecule has 0 aliphatic rings. The van der Waals surface area contributed by atoms with Gasteiger partial charge in [-0.2, -0.15) is 0 Å². The van der Waals surface area contributed by atoms with Crippen LogP contribution in [-0.4, -0.2) is 23.7 Å². The maximum Gasteiger partial charge on any atom is 0.343 e. The first-order valence-corrected chi connectivity index (χ1v) is 7.46. The zero-order valence-corrected chi connectivity index (χ0v) is 13.6. The lowest BCUT2D eigenvalue weighted by Crippen LogP contribution is -2.12. The average Bonchev–Trinajstić information content (AvgIpc) is 2.53. The SMILES string of the molecule is CC(C)Oc1cnccc1C(=O)OCC#Cc1ccc(Cl)cc1. The largest absolute Gasteiger partial charge is 0.488 e. The van der Waals surface area contributed by atoms with Crippen molar-refractivity contribution in [1.82, 2.24) is 4.98 Å². The second-order valence-corrected chi connectivity index (χ2v) is 5.36. The molecule has 0 bridgehead atoms. The predicted molar refractivity (Wildman–Crippen MR) is 88.6 cm³/mol. The van der Waals surface area contributed by atoms with E-state index in [4.69, 9.17) is 21.1 Å². The fourth-order valence-corrected chi connectivity index (χ4v) is 1.87. The maximum absolute atomic E-state index is 12.1. The molecule has 1 aromatic carbocycles. The van der Waals surface area contributed by atoms with E-state index in [2.05, 4.69) is 16.8 Å². The molecule has 118 valence electrons. The fourth-order valence-electron chi connectivity index (χ4n) is 1.75. The third-order valence-electron chi connectivity index (χ3n) is 2.72. The Morgan fingerprint density at radius 3 is 2.70 bits per heavy atom. The van der Waals surface area contributed by atoms with E-state index in [9.17, 15) is 4.79 Å². The first-order chi connectivity index (χ1) is 11.1. The molecule has 0 aliphatic carbocycles. The van der Waals surface area contributed by atoms with Gasteiger partial charge in [-0.25, -0.2) is 4.79 Å². The van der Waals surface area contributed by atoms with E-state index < -0.39 is 5.97 Å². The van der Waals surface area contributed by atoms with Gasteiger partial charge in [0, 0.05) is 16.8 Å². The summed E-state index contributed by atoms with van der Waals surface area (Å²) in [7, 11) is 0. The minimum atomic E-state index is -0.492. The number of pyridine rings is 1. The summed E-state index contributed by atoms with van der Waals surface area (Å²) in [6.07, 6.45) is 2.95. The molecule has 0 spiro atoms. The molecule has 1 heterocycles. The van der Waals surface area contributed by atoms with Crippen LogP contribution in [-0.2, 0) is 4.74 Å². The van der Waals surface area contributed by atoms with Gasteiger partial charge in [-0.15, -0.1) is 0 Å². The van der Waals surface area contributed by atoms with E-state index in [1.807, 2.05) is 13.8 Å². The van der Waals surface area contributed by atoms with Crippen molar-refractivity contribution < 1.29 is 14.3 Å². The van der Waals surface area contributed by atoms with Gasteiger partial charge in [0.05, 0.1) is 12.3 Å². The van der Waals surface area contributed by atoms with Crippen molar-refractivity contribution in [2.24, 2.45) is 0 Å². The predicted octanol–water partition coefficient (Wildman–Crippen LogP) is 3.73. The Morgan fingerprint density at radius 2 is 2.00 bits per heavy atom. The molecule has 0 atom stereocenters. The van der Waals surface area contributed by atoms with Crippen LogP contribution in [0.5, 0.6) is 5.75 Å². The van der Waals surface area contributed by atoms with Gasteiger partial charge >= 0.3 is 5.97 Å². The zero-order chi connectivity index (χ0) is 16.7. The van der Waals surface area contributed by atoms with Crippen molar-refractivity contribution in [3.05, 3.63) is 58.9 Å². The quantitative estimate of drug-likeness (QED) is 0.633. The lowest BCUT2D eigenvalue weighted by atomic mass is 10.2. The van der Waals surface area contributed by atoms with Crippen molar-refractivity contribution in [3.63, 3.8) is 0 Å². The van der Waals surface area contributed by atoms with Crippen molar-refractivity contribution in [1.29, 1.82) is 0 Å². The third kappa shape index (κ3) is 5.32. The summed E-state index contributed by atoms with van der Waals surface area (Å²) in [5, 5.41) is 0.650. The Kier molecular flexibility index (Phi) is 6.02. The van der Waals surface area contributed by atoms with Gasteiger partial charge in [0.1, 0.15) is 5.56 Å². The summed E-state index contributed by atoms with van der Waals surface area (Å²) >= 11 is 5.80. The standard InChI is InChI=1S/C18H16ClNO3/c1-13(2)23-17-12-20-10-9-16(17)18(21)22-11-3-4-14-5-7-15(19)8-6-14/h5-10,12-13H,11H2,1-2H3. The molecule has 2 rings (SSSR count). The molecule has 4 nitrogen and oxygen atoms in total. The van der Waals surface area contributed by atoms with Gasteiger partial charge in [0.15, 0.2) is 12.4 Å². The van der Waals surface area contributed by atoms with E-state index in [0.29, 0.717) is 16.3 Å². The van der Waals surface area contributed by atoms with E-state index in [1.54, 1.807) is 30.3 Å². The summed E-state index contributed by atoms with van der Waals surface area (Å²) in [5.41, 5.74) is 1.14. The smallest absolute Gasteiger partial charge is 0.343 e. The van der Waals surface area contributed by atoms with E-state index in [0.717, 1.165) is 5.56 Å². The van der Waals surface area contributed by atoms with Gasteiger partial charge < -0.3 is 9.47 Å². The molecule has 0 amide bonds. The fraction of sp³-hybridized carbons (Fsp3) is 0.222. The number of rotatable bonds is 4. The number of esters is 1. The lowest BCUT2D eigenvalue weighted by Gasteiger charge is -2.12. The van der Waals surface area contributed by atoms with Crippen LogP contribution in [0.3, 0.4) is 0 Å². The van der Waals surface area contributed by atoms with Crippen molar-refractivity contribution in [2.45, 2.75) is 20.0 Å². The van der Waals surface area contributed by atoms with E-state index in [1.165, 1.54) is 12.4 Å². The second-order valence-electron chi connectivity index (χ2n) is 4.92. The normalized spacial score (nSPS) is 9.91. The third-order valence-corrected chi connectivity index (χ3v) is 2.97. The highest BCUT2D eigenvalue weighted by Crippen LogP contribution is 2.18. The van der Waals surface area contributed by atoms with Crippen LogP contribution in [0.2, 0.25) is 5.02 Å². The highest BCUT2D eigenvalue weighted by atomic mass is 35.5. The molecule has 0 radical (unpaired) electrons. The van der Waals surface area contributed by atoms with Gasteiger partial charge in [0.25, 0.3) is 0 Å². The molecule has 5 heteroatoms. The molecule has 2 aromatic rings. The topological polar surface area (TPSA) is 48.4 Å². The summed E-state index contributed by atoms with van der Waals surface area (Å²) in [6, 6.07) is 8.67. The first-order valence-electron chi connectivity index (χ1n) is 7.08. The van der Waals surface area contributed by atoms with Crippen LogP contribution in [0.15, 0.2) is 42.7 Å². The maximum atomic E-state index is 12.1. The molecular formula is C18H16ClNO3. The number of nitrogens with zero attached hydrogens (tertiary/aromatic N) is 1. The van der Waals surface area contributed by atoms with Crippen LogP contribution >= 0.6 is 11.6 Å². The van der Waals surface area contributed by atoms with Crippen molar-refractivity contribution >= 4 is 17.6 Å². The molecule has 0 aliphatic heterocycles. The Labute approximate surface area is 140 Å². The number of hydrogen-bond acceptors (Lipinski definition) is 4. The molecular weight excluding hydrogens is 314 g/mol. The zero-order valence-electron chi connectivity index (χ0n) is 12.9.